The number of amides is 2. The molecule has 0 aliphatic heterocycles. The molecule has 0 aliphatic carbocycles. The molecule has 0 radical (unpaired) electrons. The molecular weight excluding hydrogens is 284 g/mol. The third kappa shape index (κ3) is 5.07. The zero-order valence-electron chi connectivity index (χ0n) is 11.3. The first-order chi connectivity index (χ1) is 9.43. The predicted molar refractivity (Wildman–Crippen MR) is 76.5 cm³/mol. The van der Waals surface area contributed by atoms with Gasteiger partial charge in [0.25, 0.3) is 0 Å². The number of carboxylic acids is 1. The van der Waals surface area contributed by atoms with Crippen molar-refractivity contribution in [3.63, 3.8) is 0 Å². The van der Waals surface area contributed by atoms with Crippen LogP contribution in [-0.4, -0.2) is 36.9 Å². The van der Waals surface area contributed by atoms with Crippen molar-refractivity contribution < 1.29 is 19.4 Å². The maximum Gasteiger partial charge on any atom is 0.337 e. The van der Waals surface area contributed by atoms with Crippen LogP contribution in [0.25, 0.3) is 0 Å². The number of urea groups is 1. The van der Waals surface area contributed by atoms with Gasteiger partial charge in [0.05, 0.1) is 11.3 Å². The number of methoxy groups -OCH3 is 1. The number of benzene rings is 1. The Kier molecular flexibility index (Phi) is 6.27. The lowest BCUT2D eigenvalue weighted by Crippen LogP contribution is -2.37. The number of carbonyl (C=O) groups is 2. The molecule has 1 rings (SSSR count). The number of rotatable bonds is 6. The summed E-state index contributed by atoms with van der Waals surface area (Å²) in [4.78, 5) is 22.8. The van der Waals surface area contributed by atoms with E-state index in [-0.39, 0.29) is 17.3 Å². The van der Waals surface area contributed by atoms with E-state index in [9.17, 15) is 9.59 Å². The first-order valence-corrected chi connectivity index (χ1v) is 6.41. The highest BCUT2D eigenvalue weighted by Crippen LogP contribution is 2.20. The zero-order valence-corrected chi connectivity index (χ0v) is 12.0. The van der Waals surface area contributed by atoms with Crippen LogP contribution < -0.4 is 10.6 Å². The van der Waals surface area contributed by atoms with Gasteiger partial charge in [-0.15, -0.1) is 0 Å². The van der Waals surface area contributed by atoms with Crippen LogP contribution in [0.15, 0.2) is 18.2 Å². The largest absolute Gasteiger partial charge is 0.478 e. The van der Waals surface area contributed by atoms with Crippen molar-refractivity contribution in [2.24, 2.45) is 0 Å². The molecule has 110 valence electrons. The second kappa shape index (κ2) is 7.72. The summed E-state index contributed by atoms with van der Waals surface area (Å²) < 4.78 is 4.91. The third-order valence-electron chi connectivity index (χ3n) is 2.59. The van der Waals surface area contributed by atoms with Crippen molar-refractivity contribution >= 4 is 29.3 Å². The van der Waals surface area contributed by atoms with Gasteiger partial charge in [0.1, 0.15) is 0 Å². The Morgan fingerprint density at radius 3 is 2.75 bits per heavy atom. The highest BCUT2D eigenvalue weighted by atomic mass is 35.5. The van der Waals surface area contributed by atoms with Crippen molar-refractivity contribution in [1.29, 1.82) is 0 Å². The topological polar surface area (TPSA) is 87.7 Å². The average Bonchev–Trinajstić information content (AvgIpc) is 2.38. The van der Waals surface area contributed by atoms with E-state index >= 15 is 0 Å². The molecule has 3 N–H and O–H groups in total. The fourth-order valence-electron chi connectivity index (χ4n) is 1.55. The Bertz CT molecular complexity index is 493. The lowest BCUT2D eigenvalue weighted by Gasteiger charge is -2.15. The zero-order chi connectivity index (χ0) is 15.1. The van der Waals surface area contributed by atoms with Gasteiger partial charge in [-0.2, -0.15) is 0 Å². The van der Waals surface area contributed by atoms with Crippen molar-refractivity contribution in [2.45, 2.75) is 19.4 Å². The number of aromatic carboxylic acids is 1. The van der Waals surface area contributed by atoms with E-state index in [2.05, 4.69) is 10.6 Å². The molecule has 0 bridgehead atoms. The summed E-state index contributed by atoms with van der Waals surface area (Å²) >= 11 is 5.73. The van der Waals surface area contributed by atoms with Gasteiger partial charge in [-0.3, -0.25) is 0 Å². The highest BCUT2D eigenvalue weighted by molar-refractivity contribution is 6.31. The number of carbonyl (C=O) groups excluding carboxylic acids is 1. The number of halogens is 1. The molecule has 1 aromatic carbocycles. The van der Waals surface area contributed by atoms with Gasteiger partial charge in [-0.05, 0) is 31.5 Å². The molecule has 0 aromatic heterocycles. The van der Waals surface area contributed by atoms with Gasteiger partial charge in [-0.1, -0.05) is 11.6 Å². The number of nitrogens with one attached hydrogen (secondary N) is 2. The molecule has 1 atom stereocenters. The van der Waals surface area contributed by atoms with Crippen LogP contribution >= 0.6 is 11.6 Å². The molecule has 6 nitrogen and oxygen atoms in total. The van der Waals surface area contributed by atoms with Crippen LogP contribution in [0.3, 0.4) is 0 Å². The molecule has 1 unspecified atom stereocenters. The minimum atomic E-state index is -1.16. The summed E-state index contributed by atoms with van der Waals surface area (Å²) in [6.45, 7) is 2.36. The second-order valence-corrected chi connectivity index (χ2v) is 4.71. The normalized spacial score (nSPS) is 11.8. The fourth-order valence-corrected chi connectivity index (χ4v) is 1.72. The number of anilines is 1. The molecule has 1 aromatic rings. The molecule has 0 aliphatic rings. The molecule has 0 fully saturated rings. The van der Waals surface area contributed by atoms with Crippen LogP contribution in [0.2, 0.25) is 5.02 Å². The Labute approximate surface area is 122 Å². The van der Waals surface area contributed by atoms with E-state index in [1.54, 1.807) is 7.11 Å². The maximum absolute atomic E-state index is 11.8. The van der Waals surface area contributed by atoms with E-state index in [0.29, 0.717) is 18.1 Å². The average molecular weight is 301 g/mol. The van der Waals surface area contributed by atoms with Crippen molar-refractivity contribution in [3.8, 4) is 0 Å². The Hall–Kier alpha value is -1.79. The van der Waals surface area contributed by atoms with Crippen molar-refractivity contribution in [3.05, 3.63) is 28.8 Å². The summed E-state index contributed by atoms with van der Waals surface area (Å²) in [7, 11) is 1.58. The molecule has 0 saturated carbocycles. The van der Waals surface area contributed by atoms with E-state index in [4.69, 9.17) is 21.4 Å². The van der Waals surface area contributed by atoms with E-state index in [1.807, 2.05) is 6.92 Å². The van der Waals surface area contributed by atoms with Crippen molar-refractivity contribution in [1.82, 2.24) is 5.32 Å². The summed E-state index contributed by atoms with van der Waals surface area (Å²) in [5.41, 5.74) is 0.135. The van der Waals surface area contributed by atoms with Gasteiger partial charge < -0.3 is 20.5 Å². The van der Waals surface area contributed by atoms with Crippen LogP contribution in [-0.2, 0) is 4.74 Å². The van der Waals surface area contributed by atoms with Crippen LogP contribution in [0, 0.1) is 0 Å². The first kappa shape index (κ1) is 16.3. The maximum atomic E-state index is 11.8. The summed E-state index contributed by atoms with van der Waals surface area (Å²) in [6, 6.07) is 3.69. The molecule has 7 heteroatoms. The number of hydrogen-bond donors (Lipinski definition) is 3. The van der Waals surface area contributed by atoms with Gasteiger partial charge >= 0.3 is 12.0 Å². The molecule has 0 spiro atoms. The molecule has 2 amide bonds. The molecule has 0 saturated heterocycles. The van der Waals surface area contributed by atoms with E-state index in [0.717, 1.165) is 0 Å². The molecule has 20 heavy (non-hydrogen) atoms. The Morgan fingerprint density at radius 1 is 1.45 bits per heavy atom. The summed E-state index contributed by atoms with van der Waals surface area (Å²) in [6.07, 6.45) is 0.663. The minimum Gasteiger partial charge on any atom is -0.478 e. The third-order valence-corrected chi connectivity index (χ3v) is 2.83. The van der Waals surface area contributed by atoms with Crippen molar-refractivity contribution in [2.75, 3.05) is 19.0 Å². The second-order valence-electron chi connectivity index (χ2n) is 4.28. The Balaban J connectivity index is 2.68. The lowest BCUT2D eigenvalue weighted by atomic mass is 10.2. The SMILES string of the molecule is COCCC(C)NC(=O)Nc1ccc(Cl)cc1C(=O)O. The number of carboxylic acid groups (broad SMARTS) is 1. The number of ether oxygens (including phenoxy) is 1. The van der Waals surface area contributed by atoms with Gasteiger partial charge in [0, 0.05) is 24.8 Å². The van der Waals surface area contributed by atoms with E-state index < -0.39 is 12.0 Å². The monoisotopic (exact) mass is 300 g/mol. The number of hydrogen-bond acceptors (Lipinski definition) is 3. The van der Waals surface area contributed by atoms with E-state index in [1.165, 1.54) is 18.2 Å². The fraction of sp³-hybridized carbons (Fsp3) is 0.385. The highest BCUT2D eigenvalue weighted by Gasteiger charge is 2.14. The predicted octanol–water partition coefficient (Wildman–Crippen LogP) is 2.58. The standard InChI is InChI=1S/C13H17ClN2O4/c1-8(5-6-20-2)15-13(19)16-11-4-3-9(14)7-10(11)12(17)18/h3-4,7-8H,5-6H2,1-2H3,(H,17,18)(H2,15,16,19). The van der Waals surface area contributed by atoms with Gasteiger partial charge in [0.2, 0.25) is 0 Å². The quantitative estimate of drug-likeness (QED) is 0.753. The lowest BCUT2D eigenvalue weighted by molar-refractivity contribution is 0.0698. The molecular formula is C13H17ClN2O4. The van der Waals surface area contributed by atoms with Crippen LogP contribution in [0.4, 0.5) is 10.5 Å². The summed E-state index contributed by atoms with van der Waals surface area (Å²) in [5.74, 6) is -1.16. The van der Waals surface area contributed by atoms with Crippen LogP contribution in [0.5, 0.6) is 0 Å². The minimum absolute atomic E-state index is 0.0582. The van der Waals surface area contributed by atoms with Gasteiger partial charge in [-0.25, -0.2) is 9.59 Å². The smallest absolute Gasteiger partial charge is 0.337 e. The van der Waals surface area contributed by atoms with Crippen LogP contribution in [0.1, 0.15) is 23.7 Å². The molecule has 0 heterocycles. The first-order valence-electron chi connectivity index (χ1n) is 6.03. The Morgan fingerprint density at radius 2 is 2.15 bits per heavy atom. The summed E-state index contributed by atoms with van der Waals surface area (Å²) in [5, 5.41) is 14.5. The van der Waals surface area contributed by atoms with Gasteiger partial charge in [0.15, 0.2) is 0 Å².